The molecule has 2 aromatic carbocycles. The van der Waals surface area contributed by atoms with E-state index < -0.39 is 24.7 Å². The normalized spacial score (nSPS) is 13.0. The third-order valence-electron chi connectivity index (χ3n) is 5.30. The van der Waals surface area contributed by atoms with Crippen molar-refractivity contribution in [1.29, 1.82) is 0 Å². The zero-order valence-corrected chi connectivity index (χ0v) is 18.0. The lowest BCUT2D eigenvalue weighted by Crippen LogP contribution is -2.47. The summed E-state index contributed by atoms with van der Waals surface area (Å²) in [6.07, 6.45) is 0.492. The zero-order valence-electron chi connectivity index (χ0n) is 18.0. The molecule has 8 nitrogen and oxygen atoms in total. The van der Waals surface area contributed by atoms with Crippen LogP contribution in [-0.2, 0) is 19.1 Å². The number of ether oxygens (including phenoxy) is 2. The van der Waals surface area contributed by atoms with Gasteiger partial charge in [0.2, 0.25) is 5.91 Å². The molecule has 2 amide bonds. The summed E-state index contributed by atoms with van der Waals surface area (Å²) in [6.45, 7) is 1.88. The SMILES string of the molecule is CCC[C@H](NC(=O)OCC1c2ccccc2-c2ccccc21)C(=O)NCCOCC(=O)O. The van der Waals surface area contributed by atoms with E-state index in [2.05, 4.69) is 22.8 Å². The van der Waals surface area contributed by atoms with Gasteiger partial charge in [-0.15, -0.1) is 0 Å². The minimum absolute atomic E-state index is 0.0574. The van der Waals surface area contributed by atoms with E-state index in [0.29, 0.717) is 12.8 Å². The summed E-state index contributed by atoms with van der Waals surface area (Å²) in [5.41, 5.74) is 4.52. The van der Waals surface area contributed by atoms with E-state index in [-0.39, 0.29) is 31.6 Å². The van der Waals surface area contributed by atoms with E-state index in [1.54, 1.807) is 0 Å². The zero-order chi connectivity index (χ0) is 22.9. The molecule has 0 aliphatic heterocycles. The Bertz CT molecular complexity index is 916. The van der Waals surface area contributed by atoms with Gasteiger partial charge in [0.25, 0.3) is 0 Å². The Morgan fingerprint density at radius 1 is 1.03 bits per heavy atom. The highest BCUT2D eigenvalue weighted by atomic mass is 16.5. The molecule has 1 aliphatic carbocycles. The molecule has 1 aliphatic rings. The molecule has 0 spiro atoms. The van der Waals surface area contributed by atoms with Crippen molar-refractivity contribution in [1.82, 2.24) is 10.6 Å². The van der Waals surface area contributed by atoms with E-state index in [1.165, 1.54) is 0 Å². The Kier molecular flexibility index (Phi) is 8.21. The van der Waals surface area contributed by atoms with Gasteiger partial charge < -0.3 is 25.2 Å². The quantitative estimate of drug-likeness (QED) is 0.463. The van der Waals surface area contributed by atoms with Crippen LogP contribution >= 0.6 is 0 Å². The summed E-state index contributed by atoms with van der Waals surface area (Å²) in [4.78, 5) is 35.3. The molecule has 0 unspecified atom stereocenters. The van der Waals surface area contributed by atoms with Crippen molar-refractivity contribution in [2.45, 2.75) is 31.7 Å². The Morgan fingerprint density at radius 3 is 2.25 bits per heavy atom. The lowest BCUT2D eigenvalue weighted by Gasteiger charge is -2.19. The number of carboxylic acids is 1. The molecule has 0 bridgehead atoms. The van der Waals surface area contributed by atoms with Gasteiger partial charge in [0.05, 0.1) is 6.61 Å². The second-order valence-corrected chi connectivity index (χ2v) is 7.55. The fourth-order valence-electron chi connectivity index (χ4n) is 3.87. The summed E-state index contributed by atoms with van der Waals surface area (Å²) in [5.74, 6) is -1.49. The van der Waals surface area contributed by atoms with Crippen molar-refractivity contribution in [3.63, 3.8) is 0 Å². The molecular formula is C24H28N2O6. The van der Waals surface area contributed by atoms with Gasteiger partial charge in [-0.05, 0) is 28.7 Å². The van der Waals surface area contributed by atoms with Gasteiger partial charge in [0.15, 0.2) is 0 Å². The molecule has 0 radical (unpaired) electrons. The van der Waals surface area contributed by atoms with Gasteiger partial charge in [0, 0.05) is 12.5 Å². The number of alkyl carbamates (subject to hydrolysis) is 1. The number of benzene rings is 2. The first-order valence-electron chi connectivity index (χ1n) is 10.7. The highest BCUT2D eigenvalue weighted by Gasteiger charge is 2.29. The molecule has 2 aromatic rings. The van der Waals surface area contributed by atoms with Gasteiger partial charge >= 0.3 is 12.1 Å². The number of carboxylic acid groups (broad SMARTS) is 1. The van der Waals surface area contributed by atoms with Crippen LogP contribution in [0.3, 0.4) is 0 Å². The number of amides is 2. The minimum atomic E-state index is -1.07. The molecule has 0 aromatic heterocycles. The van der Waals surface area contributed by atoms with Crippen molar-refractivity contribution < 1.29 is 29.0 Å². The lowest BCUT2D eigenvalue weighted by molar-refractivity contribution is -0.142. The van der Waals surface area contributed by atoms with Crippen LogP contribution in [0.2, 0.25) is 0 Å². The molecular weight excluding hydrogens is 412 g/mol. The topological polar surface area (TPSA) is 114 Å². The van der Waals surface area contributed by atoms with Crippen LogP contribution in [0.15, 0.2) is 48.5 Å². The van der Waals surface area contributed by atoms with Crippen LogP contribution in [0.1, 0.15) is 36.8 Å². The van der Waals surface area contributed by atoms with Gasteiger partial charge in [-0.3, -0.25) is 4.79 Å². The van der Waals surface area contributed by atoms with Crippen molar-refractivity contribution in [2.24, 2.45) is 0 Å². The van der Waals surface area contributed by atoms with Crippen LogP contribution < -0.4 is 10.6 Å². The van der Waals surface area contributed by atoms with Crippen LogP contribution in [0.4, 0.5) is 4.79 Å². The smallest absolute Gasteiger partial charge is 0.407 e. The molecule has 0 saturated carbocycles. The Morgan fingerprint density at radius 2 is 1.66 bits per heavy atom. The van der Waals surface area contributed by atoms with Gasteiger partial charge in [-0.2, -0.15) is 0 Å². The number of fused-ring (bicyclic) bond motifs is 3. The van der Waals surface area contributed by atoms with Crippen LogP contribution in [-0.4, -0.2) is 55.5 Å². The minimum Gasteiger partial charge on any atom is -0.480 e. The molecule has 0 heterocycles. The van der Waals surface area contributed by atoms with Gasteiger partial charge in [0.1, 0.15) is 19.3 Å². The third kappa shape index (κ3) is 5.85. The highest BCUT2D eigenvalue weighted by molar-refractivity contribution is 5.85. The predicted octanol–water partition coefficient (Wildman–Crippen LogP) is 2.91. The van der Waals surface area contributed by atoms with Crippen LogP contribution in [0, 0.1) is 0 Å². The van der Waals surface area contributed by atoms with E-state index >= 15 is 0 Å². The molecule has 1 atom stereocenters. The average molecular weight is 440 g/mol. The first-order chi connectivity index (χ1) is 15.5. The van der Waals surface area contributed by atoms with Crippen LogP contribution in [0.5, 0.6) is 0 Å². The first kappa shape index (κ1) is 23.3. The van der Waals surface area contributed by atoms with Gasteiger partial charge in [-0.1, -0.05) is 61.9 Å². The number of carbonyl (C=O) groups excluding carboxylic acids is 2. The van der Waals surface area contributed by atoms with Crippen molar-refractivity contribution >= 4 is 18.0 Å². The third-order valence-corrected chi connectivity index (χ3v) is 5.30. The number of aliphatic carboxylic acids is 1. The van der Waals surface area contributed by atoms with Crippen LogP contribution in [0.25, 0.3) is 11.1 Å². The van der Waals surface area contributed by atoms with Crippen molar-refractivity contribution in [2.75, 3.05) is 26.4 Å². The molecule has 32 heavy (non-hydrogen) atoms. The monoisotopic (exact) mass is 440 g/mol. The molecule has 0 saturated heterocycles. The molecule has 170 valence electrons. The maximum Gasteiger partial charge on any atom is 0.407 e. The standard InChI is InChI=1S/C24H28N2O6/c1-2-7-21(23(29)25-12-13-31-15-22(27)28)26-24(30)32-14-20-18-10-5-3-8-16(18)17-9-4-6-11-19(17)20/h3-6,8-11,20-21H,2,7,12-15H2,1H3,(H,25,29)(H,26,30)(H,27,28)/t21-/m0/s1. The Labute approximate surface area is 186 Å². The van der Waals surface area contributed by atoms with E-state index in [4.69, 9.17) is 14.6 Å². The number of hydrogen-bond donors (Lipinski definition) is 3. The summed E-state index contributed by atoms with van der Waals surface area (Å²) >= 11 is 0. The summed E-state index contributed by atoms with van der Waals surface area (Å²) in [5, 5.41) is 13.8. The van der Waals surface area contributed by atoms with E-state index in [1.807, 2.05) is 43.3 Å². The maximum atomic E-state index is 12.5. The van der Waals surface area contributed by atoms with E-state index in [9.17, 15) is 14.4 Å². The summed E-state index contributed by atoms with van der Waals surface area (Å²) in [6, 6.07) is 15.4. The highest BCUT2D eigenvalue weighted by Crippen LogP contribution is 2.44. The average Bonchev–Trinajstić information content (AvgIpc) is 3.10. The van der Waals surface area contributed by atoms with E-state index in [0.717, 1.165) is 22.3 Å². The molecule has 3 rings (SSSR count). The number of hydrogen-bond acceptors (Lipinski definition) is 5. The number of rotatable bonds is 11. The maximum absolute atomic E-state index is 12.5. The second-order valence-electron chi connectivity index (χ2n) is 7.55. The Balaban J connectivity index is 1.53. The largest absolute Gasteiger partial charge is 0.480 e. The fourth-order valence-corrected chi connectivity index (χ4v) is 3.87. The molecule has 8 heteroatoms. The van der Waals surface area contributed by atoms with Gasteiger partial charge in [-0.25, -0.2) is 9.59 Å². The molecule has 3 N–H and O–H groups in total. The second kappa shape index (κ2) is 11.3. The lowest BCUT2D eigenvalue weighted by atomic mass is 9.98. The van der Waals surface area contributed by atoms with Crippen molar-refractivity contribution in [3.8, 4) is 11.1 Å². The number of carbonyl (C=O) groups is 3. The number of nitrogens with one attached hydrogen (secondary N) is 2. The Hall–Kier alpha value is -3.39. The predicted molar refractivity (Wildman–Crippen MR) is 118 cm³/mol. The molecule has 0 fully saturated rings. The van der Waals surface area contributed by atoms with Crippen molar-refractivity contribution in [3.05, 3.63) is 59.7 Å². The fraction of sp³-hybridized carbons (Fsp3) is 0.375. The summed E-state index contributed by atoms with van der Waals surface area (Å²) in [7, 11) is 0. The summed E-state index contributed by atoms with van der Waals surface area (Å²) < 4.78 is 10.4. The first-order valence-corrected chi connectivity index (χ1v) is 10.7.